The van der Waals surface area contributed by atoms with Crippen molar-refractivity contribution in [3.05, 3.63) is 88.1 Å². The van der Waals surface area contributed by atoms with Crippen LogP contribution in [0.5, 0.6) is 5.75 Å². The van der Waals surface area contributed by atoms with E-state index in [1.807, 2.05) is 42.5 Å². The van der Waals surface area contributed by atoms with E-state index in [2.05, 4.69) is 40.3 Å². The van der Waals surface area contributed by atoms with Crippen LogP contribution in [-0.2, 0) is 11.2 Å². The van der Waals surface area contributed by atoms with E-state index in [1.54, 1.807) is 18.4 Å². The summed E-state index contributed by atoms with van der Waals surface area (Å²) in [6.45, 7) is 0.992. The number of amides is 1. The van der Waals surface area contributed by atoms with Crippen LogP contribution in [0.15, 0.2) is 72.1 Å². The van der Waals surface area contributed by atoms with E-state index < -0.39 is 0 Å². The maximum Gasteiger partial charge on any atom is 0.275 e. The molecule has 1 heterocycles. The molecule has 2 aromatic carbocycles. The molecule has 3 rings (SSSR count). The molecule has 0 aliphatic rings. The summed E-state index contributed by atoms with van der Waals surface area (Å²) in [5.41, 5.74) is 2.31. The van der Waals surface area contributed by atoms with Gasteiger partial charge in [-0.1, -0.05) is 54.6 Å². The largest absolute Gasteiger partial charge is 0.496 e. The second-order valence-corrected chi connectivity index (χ2v) is 7.23. The van der Waals surface area contributed by atoms with Crippen LogP contribution in [0.1, 0.15) is 22.0 Å². The Bertz CT molecular complexity index is 835. The number of nitrogens with one attached hydrogen (secondary N) is 1. The van der Waals surface area contributed by atoms with E-state index in [4.69, 9.17) is 4.74 Å². The fraction of sp³-hybridized carbons (Fsp3) is 0.227. The van der Waals surface area contributed by atoms with Crippen molar-refractivity contribution >= 4 is 17.2 Å². The van der Waals surface area contributed by atoms with Crippen LogP contribution in [-0.4, -0.2) is 26.1 Å². The Balaban J connectivity index is 1.52. The number of para-hydroxylation sites is 1. The third-order valence-corrected chi connectivity index (χ3v) is 5.41. The zero-order valence-corrected chi connectivity index (χ0v) is 16.2. The molecule has 1 atom stereocenters. The molecule has 5 heteroatoms. The molecule has 4 nitrogen and oxygen atoms in total. The molecule has 0 saturated heterocycles. The Kier molecular flexibility index (Phi) is 7.02. The van der Waals surface area contributed by atoms with E-state index >= 15 is 0 Å². The molecule has 0 fully saturated rings. The van der Waals surface area contributed by atoms with Gasteiger partial charge in [0, 0.05) is 12.1 Å². The molecule has 1 aromatic heterocycles. The lowest BCUT2D eigenvalue weighted by molar-refractivity contribution is -0.676. The van der Waals surface area contributed by atoms with Gasteiger partial charge in [-0.25, -0.2) is 0 Å². The van der Waals surface area contributed by atoms with Crippen molar-refractivity contribution in [2.45, 2.75) is 12.5 Å². The Hall–Kier alpha value is -2.63. The molecular formula is C22H25N2O2S+. The lowest BCUT2D eigenvalue weighted by Crippen LogP contribution is -2.87. The number of methoxy groups -OCH3 is 1. The van der Waals surface area contributed by atoms with E-state index in [0.29, 0.717) is 13.1 Å². The molecule has 0 aliphatic heterocycles. The first-order chi connectivity index (χ1) is 13.3. The monoisotopic (exact) mass is 381 g/mol. The SMILES string of the molecule is COc1ccccc1CCNC(=O)C[NH2+][C@H](c1ccccc1)c1cccs1. The number of carbonyl (C=O) groups excluding carboxylic acids is 1. The molecule has 0 radical (unpaired) electrons. The van der Waals surface area contributed by atoms with Gasteiger partial charge in [-0.15, -0.1) is 11.3 Å². The first kappa shape index (κ1) is 19.1. The van der Waals surface area contributed by atoms with Crippen LogP contribution in [0.2, 0.25) is 0 Å². The van der Waals surface area contributed by atoms with Crippen LogP contribution in [0.25, 0.3) is 0 Å². The van der Waals surface area contributed by atoms with Gasteiger partial charge in [0.15, 0.2) is 6.54 Å². The van der Waals surface area contributed by atoms with Gasteiger partial charge in [0.1, 0.15) is 11.8 Å². The quantitative estimate of drug-likeness (QED) is 0.599. The summed E-state index contributed by atoms with van der Waals surface area (Å²) in [7, 11) is 1.67. The van der Waals surface area contributed by atoms with Crippen molar-refractivity contribution in [3.8, 4) is 5.75 Å². The summed E-state index contributed by atoms with van der Waals surface area (Å²) >= 11 is 1.72. The Morgan fingerprint density at radius 3 is 2.59 bits per heavy atom. The zero-order chi connectivity index (χ0) is 18.9. The number of quaternary nitrogens is 1. The number of nitrogens with two attached hydrogens (primary N) is 1. The number of ether oxygens (including phenoxy) is 1. The Morgan fingerprint density at radius 2 is 1.85 bits per heavy atom. The van der Waals surface area contributed by atoms with Crippen LogP contribution >= 0.6 is 11.3 Å². The number of rotatable bonds is 9. The molecule has 0 spiro atoms. The van der Waals surface area contributed by atoms with E-state index in [1.165, 1.54) is 10.4 Å². The predicted octanol–water partition coefficient (Wildman–Crippen LogP) is 2.77. The van der Waals surface area contributed by atoms with Gasteiger partial charge in [0.05, 0.1) is 12.0 Å². The average Bonchev–Trinajstić information content (AvgIpc) is 3.24. The lowest BCUT2D eigenvalue weighted by atomic mass is 10.1. The van der Waals surface area contributed by atoms with E-state index in [-0.39, 0.29) is 11.9 Å². The first-order valence-corrected chi connectivity index (χ1v) is 9.96. The minimum absolute atomic E-state index is 0.0439. The molecule has 0 aliphatic carbocycles. The van der Waals surface area contributed by atoms with Crippen LogP contribution < -0.4 is 15.4 Å². The Morgan fingerprint density at radius 1 is 1.07 bits per heavy atom. The normalized spacial score (nSPS) is 11.7. The molecule has 3 aromatic rings. The predicted molar refractivity (Wildman–Crippen MR) is 109 cm³/mol. The summed E-state index contributed by atoms with van der Waals surface area (Å²) in [6.07, 6.45) is 0.753. The van der Waals surface area contributed by atoms with Gasteiger partial charge in [-0.05, 0) is 29.5 Å². The van der Waals surface area contributed by atoms with Crippen molar-refractivity contribution in [1.29, 1.82) is 0 Å². The molecule has 0 saturated carbocycles. The smallest absolute Gasteiger partial charge is 0.275 e. The third kappa shape index (κ3) is 5.42. The minimum Gasteiger partial charge on any atom is -0.496 e. The van der Waals surface area contributed by atoms with Crippen molar-refractivity contribution < 1.29 is 14.8 Å². The maximum absolute atomic E-state index is 12.3. The molecule has 140 valence electrons. The molecule has 27 heavy (non-hydrogen) atoms. The highest BCUT2D eigenvalue weighted by Gasteiger charge is 2.19. The second-order valence-electron chi connectivity index (χ2n) is 6.26. The molecular weight excluding hydrogens is 356 g/mol. The summed E-state index contributed by atoms with van der Waals surface area (Å²) < 4.78 is 5.35. The molecule has 0 bridgehead atoms. The number of thiophene rings is 1. The second kappa shape index (κ2) is 9.90. The highest BCUT2D eigenvalue weighted by atomic mass is 32.1. The number of benzene rings is 2. The van der Waals surface area contributed by atoms with Crippen molar-refractivity contribution in [1.82, 2.24) is 5.32 Å². The number of carbonyl (C=O) groups is 1. The van der Waals surface area contributed by atoms with Gasteiger partial charge in [-0.2, -0.15) is 0 Å². The van der Waals surface area contributed by atoms with Gasteiger partial charge in [-0.3, -0.25) is 4.79 Å². The van der Waals surface area contributed by atoms with Crippen LogP contribution in [0.3, 0.4) is 0 Å². The highest BCUT2D eigenvalue weighted by molar-refractivity contribution is 7.10. The van der Waals surface area contributed by atoms with Crippen molar-refractivity contribution in [3.63, 3.8) is 0 Å². The fourth-order valence-electron chi connectivity index (χ4n) is 3.09. The van der Waals surface area contributed by atoms with Gasteiger partial charge >= 0.3 is 0 Å². The first-order valence-electron chi connectivity index (χ1n) is 9.08. The maximum atomic E-state index is 12.3. The molecule has 3 N–H and O–H groups in total. The Labute approximate surface area is 164 Å². The number of hydrogen-bond donors (Lipinski definition) is 2. The van der Waals surface area contributed by atoms with Crippen LogP contribution in [0, 0.1) is 0 Å². The fourth-order valence-corrected chi connectivity index (χ4v) is 3.94. The van der Waals surface area contributed by atoms with Gasteiger partial charge < -0.3 is 15.4 Å². The van der Waals surface area contributed by atoms with E-state index in [9.17, 15) is 4.79 Å². The average molecular weight is 382 g/mol. The standard InChI is InChI=1S/C22H24N2O2S/c1-26-19-11-6-5-8-17(19)13-14-23-21(25)16-24-22(20-12-7-15-27-20)18-9-3-2-4-10-18/h2-12,15,22,24H,13-14,16H2,1H3,(H,23,25)/p+1/t22-/m1/s1. The summed E-state index contributed by atoms with van der Waals surface area (Å²) in [6, 6.07) is 22.5. The third-order valence-electron chi connectivity index (χ3n) is 4.46. The summed E-state index contributed by atoms with van der Waals surface area (Å²) in [5, 5.41) is 7.18. The summed E-state index contributed by atoms with van der Waals surface area (Å²) in [4.78, 5) is 13.6. The van der Waals surface area contributed by atoms with Crippen molar-refractivity contribution in [2.24, 2.45) is 0 Å². The zero-order valence-electron chi connectivity index (χ0n) is 15.4. The highest BCUT2D eigenvalue weighted by Crippen LogP contribution is 2.22. The lowest BCUT2D eigenvalue weighted by Gasteiger charge is -2.15. The number of hydrogen-bond acceptors (Lipinski definition) is 3. The molecule has 1 amide bonds. The van der Waals surface area contributed by atoms with Gasteiger partial charge in [0.2, 0.25) is 0 Å². The van der Waals surface area contributed by atoms with Crippen molar-refractivity contribution in [2.75, 3.05) is 20.2 Å². The van der Waals surface area contributed by atoms with Gasteiger partial charge in [0.25, 0.3) is 5.91 Å². The van der Waals surface area contributed by atoms with Crippen LogP contribution in [0.4, 0.5) is 0 Å². The minimum atomic E-state index is 0.0439. The molecule has 0 unspecified atom stereocenters. The van der Waals surface area contributed by atoms with E-state index in [0.717, 1.165) is 17.7 Å². The summed E-state index contributed by atoms with van der Waals surface area (Å²) in [5.74, 6) is 0.905. The topological polar surface area (TPSA) is 54.9 Å².